The van der Waals surface area contributed by atoms with E-state index in [1.165, 1.54) is 6.39 Å². The van der Waals surface area contributed by atoms with Crippen molar-refractivity contribution >= 4 is 21.7 Å². The van der Waals surface area contributed by atoms with Crippen LogP contribution in [-0.4, -0.2) is 21.1 Å². The van der Waals surface area contributed by atoms with Crippen molar-refractivity contribution in [3.63, 3.8) is 0 Å². The zero-order valence-corrected chi connectivity index (χ0v) is 17.2. The highest BCUT2D eigenvalue weighted by Gasteiger charge is 2.17. The fourth-order valence-corrected chi connectivity index (χ4v) is 3.73. The first kappa shape index (κ1) is 19.2. The summed E-state index contributed by atoms with van der Waals surface area (Å²) < 4.78 is 13.4. The van der Waals surface area contributed by atoms with Crippen LogP contribution >= 0.6 is 0 Å². The molecule has 3 heterocycles. The largest absolute Gasteiger partial charge is 0.493 e. The first-order valence-electron chi connectivity index (χ1n) is 9.91. The molecule has 0 amide bonds. The topological polar surface area (TPSA) is 70.2 Å². The van der Waals surface area contributed by atoms with Crippen LogP contribution in [0, 0.1) is 12.8 Å². The van der Waals surface area contributed by atoms with Crippen molar-refractivity contribution in [2.45, 2.75) is 33.6 Å². The normalized spacial score (nSPS) is 11.6. The van der Waals surface area contributed by atoms with Crippen LogP contribution in [0.2, 0.25) is 0 Å². The quantitative estimate of drug-likeness (QED) is 0.347. The summed E-state index contributed by atoms with van der Waals surface area (Å²) in [5.41, 5.74) is 2.31. The summed E-state index contributed by atoms with van der Waals surface area (Å²) in [7, 11) is 1.78. The Hall–Kier alpha value is -3.15. The number of ether oxygens (including phenoxy) is 1. The van der Waals surface area contributed by atoms with Gasteiger partial charge < -0.3 is 13.7 Å². The maximum absolute atomic E-state index is 13.0. The number of aryl methyl sites for hydroxylation is 2. The Labute approximate surface area is 169 Å². The molecule has 6 heteroatoms. The van der Waals surface area contributed by atoms with E-state index in [-0.39, 0.29) is 5.56 Å². The molecule has 150 valence electrons. The summed E-state index contributed by atoms with van der Waals surface area (Å²) >= 11 is 0. The van der Waals surface area contributed by atoms with Crippen LogP contribution in [0.3, 0.4) is 0 Å². The van der Waals surface area contributed by atoms with E-state index in [0.717, 1.165) is 40.4 Å². The third kappa shape index (κ3) is 3.50. The van der Waals surface area contributed by atoms with E-state index in [2.05, 4.69) is 23.8 Å². The van der Waals surface area contributed by atoms with Gasteiger partial charge in [0.15, 0.2) is 12.2 Å². The van der Waals surface area contributed by atoms with E-state index < -0.39 is 0 Å². The molecule has 6 nitrogen and oxygen atoms in total. The van der Waals surface area contributed by atoms with Gasteiger partial charge in [0, 0.05) is 24.7 Å². The lowest BCUT2D eigenvalue weighted by Gasteiger charge is -2.16. The zero-order valence-electron chi connectivity index (χ0n) is 17.2. The molecule has 0 unspecified atom stereocenters. The summed E-state index contributed by atoms with van der Waals surface area (Å²) in [6.07, 6.45) is 6.89. The van der Waals surface area contributed by atoms with Crippen LogP contribution in [0.25, 0.3) is 33.0 Å². The number of rotatable bonds is 6. The number of nitrogens with zero attached hydrogens (tertiary/aromatic N) is 3. The Kier molecular flexibility index (Phi) is 5.09. The van der Waals surface area contributed by atoms with Gasteiger partial charge in [0.05, 0.1) is 35.0 Å². The fourth-order valence-electron chi connectivity index (χ4n) is 3.73. The van der Waals surface area contributed by atoms with E-state index in [1.54, 1.807) is 24.0 Å². The van der Waals surface area contributed by atoms with Gasteiger partial charge >= 0.3 is 0 Å². The summed E-state index contributed by atoms with van der Waals surface area (Å²) in [6.45, 7) is 6.87. The molecule has 0 N–H and O–H groups in total. The van der Waals surface area contributed by atoms with Crippen molar-refractivity contribution in [1.82, 2.24) is 14.5 Å². The Balaban J connectivity index is 1.93. The summed E-state index contributed by atoms with van der Waals surface area (Å²) in [6, 6.07) is 5.84. The van der Waals surface area contributed by atoms with E-state index in [0.29, 0.717) is 29.4 Å². The number of hydrogen-bond donors (Lipinski definition) is 0. The van der Waals surface area contributed by atoms with E-state index >= 15 is 0 Å². The predicted octanol–water partition coefficient (Wildman–Crippen LogP) is 4.87. The Morgan fingerprint density at radius 2 is 2.07 bits per heavy atom. The molecular weight excluding hydrogens is 366 g/mol. The van der Waals surface area contributed by atoms with Gasteiger partial charge in [-0.1, -0.05) is 13.8 Å². The summed E-state index contributed by atoms with van der Waals surface area (Å²) in [5, 5.41) is 2.47. The highest BCUT2D eigenvalue weighted by Crippen LogP contribution is 2.36. The van der Waals surface area contributed by atoms with Crippen LogP contribution in [0.1, 0.15) is 32.4 Å². The molecule has 29 heavy (non-hydrogen) atoms. The molecule has 0 spiro atoms. The van der Waals surface area contributed by atoms with Crippen LogP contribution < -0.4 is 10.3 Å². The Bertz CT molecular complexity index is 1220. The second-order valence-corrected chi connectivity index (χ2v) is 7.80. The molecule has 0 saturated carbocycles. The van der Waals surface area contributed by atoms with Gasteiger partial charge in [-0.3, -0.25) is 9.78 Å². The van der Waals surface area contributed by atoms with Gasteiger partial charge in [-0.15, -0.1) is 0 Å². The van der Waals surface area contributed by atoms with Crippen LogP contribution in [0.5, 0.6) is 5.75 Å². The molecule has 0 aliphatic heterocycles. The van der Waals surface area contributed by atoms with Gasteiger partial charge in [0.25, 0.3) is 5.56 Å². The first-order valence-corrected chi connectivity index (χ1v) is 9.91. The molecule has 0 bridgehead atoms. The molecule has 0 saturated heterocycles. The molecule has 4 aromatic rings. The highest BCUT2D eigenvalue weighted by molar-refractivity contribution is 6.08. The minimum Gasteiger partial charge on any atom is -0.493 e. The van der Waals surface area contributed by atoms with Crippen molar-refractivity contribution in [2.75, 3.05) is 6.61 Å². The summed E-state index contributed by atoms with van der Waals surface area (Å²) in [4.78, 5) is 21.3. The predicted molar refractivity (Wildman–Crippen MR) is 114 cm³/mol. The second kappa shape index (κ2) is 7.70. The van der Waals surface area contributed by atoms with Crippen molar-refractivity contribution in [3.05, 3.63) is 53.0 Å². The van der Waals surface area contributed by atoms with E-state index in [1.807, 2.05) is 25.1 Å². The highest BCUT2D eigenvalue weighted by atomic mass is 16.5. The number of pyridine rings is 2. The SMILES string of the molecule is Cc1nccc2c1c(=O)n(C)c1cc(OCCCC(C)C)c(-c3cnco3)cc21. The van der Waals surface area contributed by atoms with Crippen molar-refractivity contribution in [2.24, 2.45) is 13.0 Å². The standard InChI is InChI=1S/C23H25N3O3/c1-14(2)6-5-9-28-20-11-19-17(10-18(20)21-12-24-13-29-21)16-7-8-25-15(3)22(16)23(27)26(19)4/h7-8,10-14H,5-6,9H2,1-4H3. The Morgan fingerprint density at radius 3 is 2.79 bits per heavy atom. The van der Waals surface area contributed by atoms with Gasteiger partial charge in [0.1, 0.15) is 5.75 Å². The molecule has 0 atom stereocenters. The lowest BCUT2D eigenvalue weighted by Crippen LogP contribution is -2.18. The van der Waals surface area contributed by atoms with Crippen molar-refractivity contribution < 1.29 is 9.15 Å². The minimum absolute atomic E-state index is 0.0590. The maximum Gasteiger partial charge on any atom is 0.260 e. The monoisotopic (exact) mass is 391 g/mol. The van der Waals surface area contributed by atoms with Crippen LogP contribution in [0.4, 0.5) is 0 Å². The van der Waals surface area contributed by atoms with Crippen molar-refractivity contribution in [3.8, 4) is 17.1 Å². The van der Waals surface area contributed by atoms with Gasteiger partial charge in [-0.05, 0) is 43.2 Å². The Morgan fingerprint density at radius 1 is 1.24 bits per heavy atom. The van der Waals surface area contributed by atoms with Crippen LogP contribution in [0.15, 0.2) is 46.2 Å². The average molecular weight is 391 g/mol. The second-order valence-electron chi connectivity index (χ2n) is 7.80. The van der Waals surface area contributed by atoms with Gasteiger partial charge in [-0.2, -0.15) is 0 Å². The molecule has 3 aromatic heterocycles. The van der Waals surface area contributed by atoms with Crippen molar-refractivity contribution in [1.29, 1.82) is 0 Å². The summed E-state index contributed by atoms with van der Waals surface area (Å²) in [5.74, 6) is 1.96. The molecule has 0 radical (unpaired) electrons. The lowest BCUT2D eigenvalue weighted by molar-refractivity contribution is 0.298. The van der Waals surface area contributed by atoms with E-state index in [4.69, 9.17) is 9.15 Å². The average Bonchev–Trinajstić information content (AvgIpc) is 3.23. The maximum atomic E-state index is 13.0. The number of oxazole rings is 1. The van der Waals surface area contributed by atoms with Gasteiger partial charge in [-0.25, -0.2) is 4.98 Å². The number of fused-ring (bicyclic) bond motifs is 3. The zero-order chi connectivity index (χ0) is 20.5. The molecule has 0 aliphatic rings. The molecule has 0 aliphatic carbocycles. The molecule has 0 fully saturated rings. The smallest absolute Gasteiger partial charge is 0.260 e. The van der Waals surface area contributed by atoms with Gasteiger partial charge in [0.2, 0.25) is 0 Å². The fraction of sp³-hybridized carbons (Fsp3) is 0.348. The van der Waals surface area contributed by atoms with E-state index in [9.17, 15) is 4.79 Å². The number of benzene rings is 1. The molecule has 4 rings (SSSR count). The third-order valence-corrected chi connectivity index (χ3v) is 5.29. The number of hydrogen-bond acceptors (Lipinski definition) is 5. The third-order valence-electron chi connectivity index (χ3n) is 5.29. The molecular formula is C23H25N3O3. The lowest BCUT2D eigenvalue weighted by atomic mass is 10.0. The molecule has 1 aromatic carbocycles. The van der Waals surface area contributed by atoms with Crippen LogP contribution in [-0.2, 0) is 7.05 Å². The minimum atomic E-state index is -0.0590. The number of aromatic nitrogens is 3. The first-order chi connectivity index (χ1) is 14.0.